The first-order valence-corrected chi connectivity index (χ1v) is 8.87. The fourth-order valence-corrected chi connectivity index (χ4v) is 5.04. The predicted octanol–water partition coefficient (Wildman–Crippen LogP) is 2.62. The van der Waals surface area contributed by atoms with Crippen LogP contribution < -0.4 is 10.5 Å². The van der Waals surface area contributed by atoms with Gasteiger partial charge in [-0.25, -0.2) is 8.42 Å². The largest absolute Gasteiger partial charge is 0.492 e. The van der Waals surface area contributed by atoms with Gasteiger partial charge in [-0.3, -0.25) is 0 Å². The second-order valence-corrected chi connectivity index (χ2v) is 7.41. The highest BCUT2D eigenvalue weighted by Gasteiger charge is 2.37. The van der Waals surface area contributed by atoms with Gasteiger partial charge in [0.05, 0.1) is 6.61 Å². The van der Waals surface area contributed by atoms with Crippen molar-refractivity contribution in [3.63, 3.8) is 0 Å². The van der Waals surface area contributed by atoms with E-state index in [2.05, 4.69) is 0 Å². The Morgan fingerprint density at radius 3 is 2.48 bits per heavy atom. The number of nitrogen functional groups attached to an aromatic ring is 1. The highest BCUT2D eigenvalue weighted by Crippen LogP contribution is 2.34. The molecule has 1 saturated heterocycles. The number of hydrogen-bond donors (Lipinski definition) is 1. The molecule has 1 aliphatic rings. The van der Waals surface area contributed by atoms with Crippen molar-refractivity contribution in [3.8, 4) is 5.75 Å². The molecule has 2 atom stereocenters. The van der Waals surface area contributed by atoms with Gasteiger partial charge in [0.2, 0.25) is 10.0 Å². The van der Waals surface area contributed by atoms with Gasteiger partial charge in [-0.05, 0) is 51.8 Å². The highest BCUT2D eigenvalue weighted by molar-refractivity contribution is 7.89. The Bertz CT molecular complexity index is 591. The smallest absolute Gasteiger partial charge is 0.247 e. The summed E-state index contributed by atoms with van der Waals surface area (Å²) in [6.07, 6.45) is 2.83. The van der Waals surface area contributed by atoms with Crippen LogP contribution >= 0.6 is 0 Å². The number of benzene rings is 1. The molecule has 1 aromatic rings. The summed E-state index contributed by atoms with van der Waals surface area (Å²) in [4.78, 5) is 0.171. The molecule has 0 amide bonds. The Morgan fingerprint density at radius 1 is 1.29 bits per heavy atom. The van der Waals surface area contributed by atoms with Crippen molar-refractivity contribution in [2.24, 2.45) is 0 Å². The Balaban J connectivity index is 2.50. The zero-order valence-corrected chi connectivity index (χ0v) is 13.7. The molecule has 2 N–H and O–H groups in total. The molecule has 0 aromatic heterocycles. The number of hydrogen-bond acceptors (Lipinski definition) is 4. The van der Waals surface area contributed by atoms with E-state index >= 15 is 0 Å². The summed E-state index contributed by atoms with van der Waals surface area (Å²) in [7, 11) is -3.61. The van der Waals surface area contributed by atoms with Crippen LogP contribution in [0.15, 0.2) is 23.1 Å². The van der Waals surface area contributed by atoms with E-state index in [1.54, 1.807) is 16.4 Å². The van der Waals surface area contributed by atoms with Crippen molar-refractivity contribution in [1.82, 2.24) is 4.31 Å². The van der Waals surface area contributed by atoms with Crippen LogP contribution in [0.25, 0.3) is 0 Å². The number of piperidine rings is 1. The van der Waals surface area contributed by atoms with Crippen molar-refractivity contribution < 1.29 is 13.2 Å². The summed E-state index contributed by atoms with van der Waals surface area (Å²) < 4.78 is 33.2. The molecular weight excluding hydrogens is 288 g/mol. The topological polar surface area (TPSA) is 72.6 Å². The fourth-order valence-electron chi connectivity index (χ4n) is 2.99. The summed E-state index contributed by atoms with van der Waals surface area (Å²) in [5.41, 5.74) is 6.21. The molecule has 0 aliphatic carbocycles. The number of rotatable bonds is 4. The fraction of sp³-hybridized carbons (Fsp3) is 0.600. The van der Waals surface area contributed by atoms with E-state index in [9.17, 15) is 8.42 Å². The molecule has 6 heteroatoms. The minimum absolute atomic E-state index is 0.00495. The third-order valence-electron chi connectivity index (χ3n) is 3.94. The van der Waals surface area contributed by atoms with E-state index in [1.165, 1.54) is 6.07 Å². The lowest BCUT2D eigenvalue weighted by atomic mass is 10.0. The normalized spacial score (nSPS) is 24.0. The van der Waals surface area contributed by atoms with Gasteiger partial charge in [0.15, 0.2) is 0 Å². The van der Waals surface area contributed by atoms with E-state index in [1.807, 2.05) is 20.8 Å². The van der Waals surface area contributed by atoms with Crippen LogP contribution in [-0.4, -0.2) is 31.4 Å². The number of nitrogens with two attached hydrogens (primary N) is 1. The van der Waals surface area contributed by atoms with Gasteiger partial charge in [0, 0.05) is 17.8 Å². The minimum Gasteiger partial charge on any atom is -0.492 e. The lowest BCUT2D eigenvalue weighted by Gasteiger charge is -2.37. The Kier molecular flexibility index (Phi) is 4.78. The number of ether oxygens (including phenoxy) is 1. The average Bonchev–Trinajstić information content (AvgIpc) is 2.40. The van der Waals surface area contributed by atoms with Crippen LogP contribution in [0.5, 0.6) is 5.75 Å². The zero-order valence-electron chi connectivity index (χ0n) is 12.9. The summed E-state index contributed by atoms with van der Waals surface area (Å²) in [5.74, 6) is 0.372. The standard InChI is InChI=1S/C15H24N2O3S/c1-4-20-14-9-8-13(16)10-15(14)21(18,19)17-11(2)6-5-7-12(17)3/h8-12H,4-7,16H2,1-3H3/t11-,12+. The lowest BCUT2D eigenvalue weighted by molar-refractivity contribution is 0.203. The molecule has 0 saturated carbocycles. The number of nitrogens with zero attached hydrogens (tertiary/aromatic N) is 1. The maximum absolute atomic E-state index is 13.0. The number of anilines is 1. The molecule has 5 nitrogen and oxygen atoms in total. The van der Waals surface area contributed by atoms with Crippen LogP contribution in [0.1, 0.15) is 40.0 Å². The van der Waals surface area contributed by atoms with Gasteiger partial charge < -0.3 is 10.5 Å². The van der Waals surface area contributed by atoms with Crippen molar-refractivity contribution in [2.45, 2.75) is 57.0 Å². The van der Waals surface area contributed by atoms with Crippen molar-refractivity contribution in [2.75, 3.05) is 12.3 Å². The molecule has 0 unspecified atom stereocenters. The molecule has 1 aromatic carbocycles. The second kappa shape index (κ2) is 6.23. The van der Waals surface area contributed by atoms with E-state index in [0.29, 0.717) is 18.0 Å². The van der Waals surface area contributed by atoms with E-state index in [-0.39, 0.29) is 17.0 Å². The monoisotopic (exact) mass is 312 g/mol. The Labute approximate surface area is 127 Å². The molecule has 0 radical (unpaired) electrons. The molecule has 2 rings (SSSR count). The molecule has 1 heterocycles. The van der Waals surface area contributed by atoms with Crippen LogP contribution in [0.3, 0.4) is 0 Å². The Morgan fingerprint density at radius 2 is 1.90 bits per heavy atom. The average molecular weight is 312 g/mol. The molecular formula is C15H24N2O3S. The Hall–Kier alpha value is -1.27. The van der Waals surface area contributed by atoms with Gasteiger partial charge in [-0.1, -0.05) is 6.42 Å². The molecule has 0 bridgehead atoms. The minimum atomic E-state index is -3.61. The molecule has 1 fully saturated rings. The predicted molar refractivity (Wildman–Crippen MR) is 83.8 cm³/mol. The third kappa shape index (κ3) is 3.16. The molecule has 1 aliphatic heterocycles. The summed E-state index contributed by atoms with van der Waals surface area (Å²) >= 11 is 0. The van der Waals surface area contributed by atoms with Gasteiger partial charge in [-0.2, -0.15) is 4.31 Å². The van der Waals surface area contributed by atoms with E-state index in [4.69, 9.17) is 10.5 Å². The molecule has 0 spiro atoms. The second-order valence-electron chi connectivity index (χ2n) is 5.60. The van der Waals surface area contributed by atoms with Crippen molar-refractivity contribution in [3.05, 3.63) is 18.2 Å². The van der Waals surface area contributed by atoms with Gasteiger partial charge in [0.1, 0.15) is 10.6 Å². The highest BCUT2D eigenvalue weighted by atomic mass is 32.2. The van der Waals surface area contributed by atoms with Crippen LogP contribution in [0.2, 0.25) is 0 Å². The van der Waals surface area contributed by atoms with Crippen molar-refractivity contribution in [1.29, 1.82) is 0 Å². The first-order valence-electron chi connectivity index (χ1n) is 7.43. The lowest BCUT2D eigenvalue weighted by Crippen LogP contribution is -2.47. The molecule has 21 heavy (non-hydrogen) atoms. The third-order valence-corrected chi connectivity index (χ3v) is 6.09. The van der Waals surface area contributed by atoms with Crippen molar-refractivity contribution >= 4 is 15.7 Å². The van der Waals surface area contributed by atoms with Gasteiger partial charge in [-0.15, -0.1) is 0 Å². The maximum atomic E-state index is 13.0. The first kappa shape index (κ1) is 16.1. The summed E-state index contributed by atoms with van der Waals surface area (Å²) in [6.45, 7) is 6.16. The van der Waals surface area contributed by atoms with Gasteiger partial charge >= 0.3 is 0 Å². The first-order chi connectivity index (χ1) is 9.87. The van der Waals surface area contributed by atoms with Crippen LogP contribution in [0, 0.1) is 0 Å². The van der Waals surface area contributed by atoms with Crippen LogP contribution in [-0.2, 0) is 10.0 Å². The SMILES string of the molecule is CCOc1ccc(N)cc1S(=O)(=O)N1[C@H](C)CCC[C@@H]1C. The summed E-state index contributed by atoms with van der Waals surface area (Å²) in [5, 5.41) is 0. The van der Waals surface area contributed by atoms with Gasteiger partial charge in [0.25, 0.3) is 0 Å². The maximum Gasteiger partial charge on any atom is 0.247 e. The van der Waals surface area contributed by atoms with E-state index < -0.39 is 10.0 Å². The van der Waals surface area contributed by atoms with Crippen LogP contribution in [0.4, 0.5) is 5.69 Å². The van der Waals surface area contributed by atoms with E-state index in [0.717, 1.165) is 19.3 Å². The zero-order chi connectivity index (χ0) is 15.6. The quantitative estimate of drug-likeness (QED) is 0.867. The number of sulfonamides is 1. The summed E-state index contributed by atoms with van der Waals surface area (Å²) in [6, 6.07) is 4.77. The molecule has 118 valence electrons.